The molecule has 0 N–H and O–H groups in total. The molecule has 0 fully saturated rings. The van der Waals surface area contributed by atoms with Gasteiger partial charge < -0.3 is 0 Å². The maximum Gasteiger partial charge on any atom is 0.0960 e. The first-order valence-electron chi connectivity index (χ1n) is 5.15. The van der Waals surface area contributed by atoms with Gasteiger partial charge >= 0.3 is 0 Å². The van der Waals surface area contributed by atoms with Gasteiger partial charge in [-0.1, -0.05) is 55.6 Å². The van der Waals surface area contributed by atoms with Crippen LogP contribution in [-0.4, -0.2) is 0 Å². The first-order chi connectivity index (χ1) is 7.99. The summed E-state index contributed by atoms with van der Waals surface area (Å²) in [4.78, 5) is 1.46. The highest BCUT2D eigenvalue weighted by Crippen LogP contribution is 2.39. The van der Waals surface area contributed by atoms with Crippen molar-refractivity contribution in [1.29, 1.82) is 0 Å². The zero-order valence-electron chi connectivity index (χ0n) is 9.43. The van der Waals surface area contributed by atoms with Gasteiger partial charge in [-0.2, -0.15) is 0 Å². The van der Waals surface area contributed by atoms with E-state index in [-0.39, 0.29) is 4.83 Å². The SMILES string of the molecule is Cc1cc(C(Br)c2cc(C)c(Cl)s2)ccc1Br. The molecule has 2 rings (SSSR count). The summed E-state index contributed by atoms with van der Waals surface area (Å²) >= 11 is 15.0. The third-order valence-corrected chi connectivity index (χ3v) is 6.44. The van der Waals surface area contributed by atoms with E-state index in [0.29, 0.717) is 0 Å². The van der Waals surface area contributed by atoms with Crippen LogP contribution >= 0.6 is 54.8 Å². The van der Waals surface area contributed by atoms with E-state index in [4.69, 9.17) is 11.6 Å². The minimum absolute atomic E-state index is 0.213. The summed E-state index contributed by atoms with van der Waals surface area (Å²) in [6, 6.07) is 8.54. The van der Waals surface area contributed by atoms with Crippen molar-refractivity contribution in [2.75, 3.05) is 0 Å². The molecule has 1 heterocycles. The summed E-state index contributed by atoms with van der Waals surface area (Å²) in [7, 11) is 0. The maximum absolute atomic E-state index is 6.11. The molecule has 4 heteroatoms. The number of hydrogen-bond donors (Lipinski definition) is 0. The van der Waals surface area contributed by atoms with E-state index in [2.05, 4.69) is 63.0 Å². The second kappa shape index (κ2) is 5.43. The monoisotopic (exact) mass is 392 g/mol. The summed E-state index contributed by atoms with van der Waals surface area (Å²) in [5, 5.41) is 0. The van der Waals surface area contributed by atoms with E-state index < -0.39 is 0 Å². The summed E-state index contributed by atoms with van der Waals surface area (Å²) < 4.78 is 2.01. The predicted octanol–water partition coefficient (Wildman–Crippen LogP) is 6.27. The Morgan fingerprint density at radius 2 is 1.88 bits per heavy atom. The van der Waals surface area contributed by atoms with Gasteiger partial charge in [-0.15, -0.1) is 11.3 Å². The van der Waals surface area contributed by atoms with Crippen LogP contribution in [0.5, 0.6) is 0 Å². The molecular weight excluding hydrogens is 383 g/mol. The molecule has 0 nitrogen and oxygen atoms in total. The number of rotatable bonds is 2. The van der Waals surface area contributed by atoms with Gasteiger partial charge in [0.05, 0.1) is 9.16 Å². The Morgan fingerprint density at radius 1 is 1.18 bits per heavy atom. The second-order valence-electron chi connectivity index (χ2n) is 3.98. The predicted molar refractivity (Wildman–Crippen MR) is 83.7 cm³/mol. The van der Waals surface area contributed by atoms with Crippen LogP contribution in [0.25, 0.3) is 0 Å². The molecule has 0 saturated carbocycles. The summed E-state index contributed by atoms with van der Waals surface area (Å²) in [5.41, 5.74) is 3.64. The summed E-state index contributed by atoms with van der Waals surface area (Å²) in [6.45, 7) is 4.13. The number of halogens is 3. The molecule has 0 aliphatic carbocycles. The molecule has 1 aromatic carbocycles. The van der Waals surface area contributed by atoms with Crippen molar-refractivity contribution in [3.63, 3.8) is 0 Å². The van der Waals surface area contributed by atoms with Gasteiger partial charge in [0.25, 0.3) is 0 Å². The van der Waals surface area contributed by atoms with Gasteiger partial charge in [-0.05, 0) is 42.7 Å². The van der Waals surface area contributed by atoms with Gasteiger partial charge in [0.1, 0.15) is 0 Å². The number of hydrogen-bond acceptors (Lipinski definition) is 1. The van der Waals surface area contributed by atoms with Gasteiger partial charge in [0.2, 0.25) is 0 Å². The number of alkyl halides is 1. The third kappa shape index (κ3) is 2.95. The molecule has 0 aliphatic rings. The molecule has 2 aromatic rings. The van der Waals surface area contributed by atoms with E-state index in [9.17, 15) is 0 Å². The molecule has 0 radical (unpaired) electrons. The van der Waals surface area contributed by atoms with Crippen molar-refractivity contribution in [1.82, 2.24) is 0 Å². The van der Waals surface area contributed by atoms with E-state index in [1.54, 1.807) is 11.3 Å². The van der Waals surface area contributed by atoms with Crippen LogP contribution in [0.4, 0.5) is 0 Å². The molecule has 0 amide bonds. The highest BCUT2D eigenvalue weighted by Gasteiger charge is 2.15. The fraction of sp³-hybridized carbons (Fsp3) is 0.231. The van der Waals surface area contributed by atoms with Crippen LogP contribution in [0.3, 0.4) is 0 Å². The third-order valence-electron chi connectivity index (χ3n) is 2.60. The summed E-state index contributed by atoms with van der Waals surface area (Å²) in [6.07, 6.45) is 0. The average Bonchev–Trinajstić information content (AvgIpc) is 2.62. The molecule has 90 valence electrons. The fourth-order valence-corrected chi connectivity index (χ4v) is 3.77. The van der Waals surface area contributed by atoms with Gasteiger partial charge in [-0.3, -0.25) is 0 Å². The Balaban J connectivity index is 2.36. The zero-order chi connectivity index (χ0) is 12.6. The van der Waals surface area contributed by atoms with Gasteiger partial charge in [0.15, 0.2) is 0 Å². The fourth-order valence-electron chi connectivity index (χ4n) is 1.60. The van der Waals surface area contributed by atoms with Crippen molar-refractivity contribution >= 4 is 54.8 Å². The smallest absolute Gasteiger partial charge is 0.0960 e. The van der Waals surface area contributed by atoms with E-state index >= 15 is 0 Å². The highest BCUT2D eigenvalue weighted by atomic mass is 79.9. The quantitative estimate of drug-likeness (QED) is 0.527. The molecule has 17 heavy (non-hydrogen) atoms. The zero-order valence-corrected chi connectivity index (χ0v) is 14.2. The number of benzene rings is 1. The lowest BCUT2D eigenvalue weighted by atomic mass is 10.1. The topological polar surface area (TPSA) is 0 Å². The van der Waals surface area contributed by atoms with Crippen LogP contribution in [0, 0.1) is 13.8 Å². The Morgan fingerprint density at radius 3 is 2.41 bits per heavy atom. The van der Waals surface area contributed by atoms with Crippen molar-refractivity contribution in [2.45, 2.75) is 18.7 Å². The Labute approximate surface area is 127 Å². The Kier molecular flexibility index (Phi) is 4.35. The summed E-state index contributed by atoms with van der Waals surface area (Å²) in [5.74, 6) is 0. The molecule has 1 unspecified atom stereocenters. The molecule has 1 aromatic heterocycles. The molecule has 0 aliphatic heterocycles. The maximum atomic E-state index is 6.11. The van der Waals surface area contributed by atoms with Crippen LogP contribution < -0.4 is 0 Å². The van der Waals surface area contributed by atoms with E-state index in [0.717, 1.165) is 14.4 Å². The van der Waals surface area contributed by atoms with Gasteiger partial charge in [-0.25, -0.2) is 0 Å². The number of thiophene rings is 1. The van der Waals surface area contributed by atoms with Crippen LogP contribution in [0.15, 0.2) is 28.7 Å². The largest absolute Gasteiger partial charge is 0.127 e. The standard InChI is InChI=1S/C13H11Br2ClS/c1-7-5-9(3-4-10(7)14)12(15)11-6-8(2)13(16)17-11/h3-6,12H,1-2H3. The van der Waals surface area contributed by atoms with Crippen molar-refractivity contribution in [2.24, 2.45) is 0 Å². The van der Waals surface area contributed by atoms with Crippen LogP contribution in [0.2, 0.25) is 4.34 Å². The van der Waals surface area contributed by atoms with Crippen molar-refractivity contribution < 1.29 is 0 Å². The molecule has 1 atom stereocenters. The lowest BCUT2D eigenvalue weighted by Gasteiger charge is -2.09. The molecular formula is C13H11Br2ClS. The van der Waals surface area contributed by atoms with Gasteiger partial charge in [0, 0.05) is 9.35 Å². The van der Waals surface area contributed by atoms with Crippen molar-refractivity contribution in [3.05, 3.63) is 54.6 Å². The lowest BCUT2D eigenvalue weighted by Crippen LogP contribution is -1.90. The first kappa shape index (κ1) is 13.6. The first-order valence-corrected chi connectivity index (χ1v) is 8.05. The van der Waals surface area contributed by atoms with E-state index in [1.165, 1.54) is 16.0 Å². The molecule has 0 spiro atoms. The molecule has 0 bridgehead atoms. The van der Waals surface area contributed by atoms with Crippen LogP contribution in [0.1, 0.15) is 26.4 Å². The Bertz CT molecular complexity index is 529. The normalized spacial score (nSPS) is 12.8. The van der Waals surface area contributed by atoms with E-state index in [1.807, 2.05) is 6.92 Å². The van der Waals surface area contributed by atoms with Crippen LogP contribution in [-0.2, 0) is 0 Å². The highest BCUT2D eigenvalue weighted by molar-refractivity contribution is 9.10. The second-order valence-corrected chi connectivity index (χ2v) is 7.43. The average molecular weight is 395 g/mol. The lowest BCUT2D eigenvalue weighted by molar-refractivity contribution is 1.20. The molecule has 0 saturated heterocycles. The minimum Gasteiger partial charge on any atom is -0.127 e. The minimum atomic E-state index is 0.213. The Hall–Kier alpha value is 0.170. The van der Waals surface area contributed by atoms with Crippen molar-refractivity contribution in [3.8, 4) is 0 Å². The number of aryl methyl sites for hydroxylation is 2.